The van der Waals surface area contributed by atoms with Gasteiger partial charge in [-0.25, -0.2) is 0 Å². The van der Waals surface area contributed by atoms with Gasteiger partial charge in [0.2, 0.25) is 0 Å². The summed E-state index contributed by atoms with van der Waals surface area (Å²) in [5.74, 6) is -16.9. The molecule has 1 aliphatic rings. The van der Waals surface area contributed by atoms with Crippen molar-refractivity contribution in [3.05, 3.63) is 68.8 Å². The first-order valence-corrected chi connectivity index (χ1v) is 11.4. The number of aryl methyl sites for hydroxylation is 2. The molecule has 0 aliphatic heterocycles. The van der Waals surface area contributed by atoms with Gasteiger partial charge in [0, 0.05) is 17.0 Å². The number of carboxylic acid groups (broad SMARTS) is 2. The number of halogens is 4. The number of fused-ring (bicyclic) bond motifs is 2. The summed E-state index contributed by atoms with van der Waals surface area (Å²) in [6.45, 7) is 6.84. The van der Waals surface area contributed by atoms with Gasteiger partial charge in [-0.2, -0.15) is 17.6 Å². The molecule has 184 valence electrons. The first kappa shape index (κ1) is 25.7. The number of hydrogen-bond donors (Lipinski definition) is 2. The second kappa shape index (κ2) is 9.04. The number of aliphatic carboxylic acids is 2. The summed E-state index contributed by atoms with van der Waals surface area (Å²) in [6, 6.07) is 4.76. The average molecular weight is 480 g/mol. The molecule has 0 radical (unpaired) electrons. The summed E-state index contributed by atoms with van der Waals surface area (Å²) in [6.07, 6.45) is 1.10. The molecule has 0 saturated heterocycles. The molecule has 0 heterocycles. The van der Waals surface area contributed by atoms with Crippen LogP contribution in [0.5, 0.6) is 0 Å². The fourth-order valence-electron chi connectivity index (χ4n) is 5.25. The summed E-state index contributed by atoms with van der Waals surface area (Å²) in [5.41, 5.74) is -1.04. The summed E-state index contributed by atoms with van der Waals surface area (Å²) in [7, 11) is 0. The maximum Gasteiger partial charge on any atom is 0.340 e. The van der Waals surface area contributed by atoms with E-state index in [0.29, 0.717) is 36.0 Å². The van der Waals surface area contributed by atoms with Crippen LogP contribution in [-0.4, -0.2) is 22.2 Å². The van der Waals surface area contributed by atoms with Crippen LogP contribution in [0.4, 0.5) is 17.6 Å². The highest BCUT2D eigenvalue weighted by atomic mass is 19.3. The number of alkyl halides is 4. The minimum absolute atomic E-state index is 0.0130. The van der Waals surface area contributed by atoms with Gasteiger partial charge in [0.15, 0.2) is 5.92 Å². The number of rotatable bonds is 7. The molecule has 2 aromatic rings. The monoisotopic (exact) mass is 480 g/mol. The van der Waals surface area contributed by atoms with E-state index in [0.717, 1.165) is 6.07 Å². The first-order valence-electron chi connectivity index (χ1n) is 11.4. The van der Waals surface area contributed by atoms with Crippen LogP contribution in [0.15, 0.2) is 24.3 Å². The summed E-state index contributed by atoms with van der Waals surface area (Å²) in [4.78, 5) is 24.3. The van der Waals surface area contributed by atoms with Gasteiger partial charge in [0.05, 0.1) is 0 Å². The maximum absolute atomic E-state index is 15.9. The molecule has 0 amide bonds. The zero-order valence-corrected chi connectivity index (χ0v) is 19.5. The lowest BCUT2D eigenvalue weighted by Gasteiger charge is -2.31. The number of carbonyl (C=O) groups is 2. The van der Waals surface area contributed by atoms with Crippen molar-refractivity contribution >= 4 is 11.9 Å². The van der Waals surface area contributed by atoms with Crippen molar-refractivity contribution in [2.45, 2.75) is 71.1 Å². The summed E-state index contributed by atoms with van der Waals surface area (Å²) < 4.78 is 63.1. The predicted octanol–water partition coefficient (Wildman–Crippen LogP) is 6.05. The number of hydrogen-bond acceptors (Lipinski definition) is 2. The van der Waals surface area contributed by atoms with Gasteiger partial charge in [-0.1, -0.05) is 52.0 Å². The van der Waals surface area contributed by atoms with Crippen LogP contribution >= 0.6 is 0 Å². The third kappa shape index (κ3) is 3.67. The molecule has 0 spiro atoms. The van der Waals surface area contributed by atoms with Gasteiger partial charge in [0.1, 0.15) is 0 Å². The van der Waals surface area contributed by atoms with Gasteiger partial charge in [-0.05, 0) is 59.1 Å². The van der Waals surface area contributed by atoms with Crippen LogP contribution in [0.2, 0.25) is 0 Å². The molecular weight excluding hydrogens is 452 g/mol. The Morgan fingerprint density at radius 1 is 0.824 bits per heavy atom. The Labute approximate surface area is 195 Å². The standard InChI is InChI=1S/C26H28F4O4/c1-5-13-9-10-19-17(11-13)20(21(23(31)32)24(33)34)18-12-14(6-2)15(7-3)16(8-4)22(18)26(29,30)25(19,27)28/h9-12,20-21H,5-8H2,1-4H3,(H,31,32)(H,33,34). The van der Waals surface area contributed by atoms with E-state index >= 15 is 17.6 Å². The molecule has 2 aromatic carbocycles. The molecule has 2 N–H and O–H groups in total. The van der Waals surface area contributed by atoms with Crippen LogP contribution < -0.4 is 0 Å². The van der Waals surface area contributed by atoms with Gasteiger partial charge in [-0.3, -0.25) is 9.59 Å². The van der Waals surface area contributed by atoms with Crippen molar-refractivity contribution in [1.29, 1.82) is 0 Å². The van der Waals surface area contributed by atoms with Crippen molar-refractivity contribution < 1.29 is 37.4 Å². The second-order valence-electron chi connectivity index (χ2n) is 8.57. The molecule has 0 aromatic heterocycles. The molecule has 0 fully saturated rings. The van der Waals surface area contributed by atoms with E-state index in [1.54, 1.807) is 27.7 Å². The summed E-state index contributed by atoms with van der Waals surface area (Å²) in [5, 5.41) is 19.6. The van der Waals surface area contributed by atoms with Crippen LogP contribution in [-0.2, 0) is 47.1 Å². The molecule has 0 saturated carbocycles. The molecule has 1 aliphatic carbocycles. The highest BCUT2D eigenvalue weighted by molar-refractivity contribution is 5.95. The molecule has 1 unspecified atom stereocenters. The topological polar surface area (TPSA) is 74.6 Å². The Hall–Kier alpha value is -2.90. The van der Waals surface area contributed by atoms with Crippen molar-refractivity contribution in [2.24, 2.45) is 5.92 Å². The average Bonchev–Trinajstić information content (AvgIpc) is 2.83. The van der Waals surface area contributed by atoms with E-state index in [2.05, 4.69) is 0 Å². The number of benzene rings is 2. The molecule has 34 heavy (non-hydrogen) atoms. The van der Waals surface area contributed by atoms with Crippen molar-refractivity contribution in [3.63, 3.8) is 0 Å². The largest absolute Gasteiger partial charge is 0.481 e. The second-order valence-corrected chi connectivity index (χ2v) is 8.57. The highest BCUT2D eigenvalue weighted by Crippen LogP contribution is 2.59. The minimum Gasteiger partial charge on any atom is -0.481 e. The van der Waals surface area contributed by atoms with Crippen LogP contribution in [0.25, 0.3) is 0 Å². The lowest BCUT2D eigenvalue weighted by Crippen LogP contribution is -2.37. The summed E-state index contributed by atoms with van der Waals surface area (Å²) >= 11 is 0. The zero-order chi connectivity index (χ0) is 25.6. The fourth-order valence-corrected chi connectivity index (χ4v) is 5.25. The van der Waals surface area contributed by atoms with Crippen molar-refractivity contribution in [2.75, 3.05) is 0 Å². The van der Waals surface area contributed by atoms with Crippen LogP contribution in [0, 0.1) is 5.92 Å². The van der Waals surface area contributed by atoms with E-state index in [9.17, 15) is 19.8 Å². The quantitative estimate of drug-likeness (QED) is 0.374. The van der Waals surface area contributed by atoms with Crippen LogP contribution in [0.3, 0.4) is 0 Å². The SMILES string of the molecule is CCc1ccc2c(c1)C(C(C(=O)O)C(=O)O)c1cc(CC)c(CC)c(CC)c1C(F)(F)C2(F)F. The Kier molecular flexibility index (Phi) is 6.84. The normalized spacial score (nSPS) is 18.2. The first-order chi connectivity index (χ1) is 15.9. The van der Waals surface area contributed by atoms with Gasteiger partial charge < -0.3 is 10.2 Å². The zero-order valence-electron chi connectivity index (χ0n) is 19.5. The molecular formula is C26H28F4O4. The Morgan fingerprint density at radius 2 is 1.41 bits per heavy atom. The van der Waals surface area contributed by atoms with E-state index in [1.165, 1.54) is 18.2 Å². The minimum atomic E-state index is -4.68. The van der Waals surface area contributed by atoms with Crippen LogP contribution in [0.1, 0.15) is 78.1 Å². The lowest BCUT2D eigenvalue weighted by atomic mass is 9.75. The molecule has 1 atom stereocenters. The smallest absolute Gasteiger partial charge is 0.340 e. The Balaban J connectivity index is 2.65. The van der Waals surface area contributed by atoms with Crippen molar-refractivity contribution in [3.8, 4) is 0 Å². The van der Waals surface area contributed by atoms with Crippen molar-refractivity contribution in [1.82, 2.24) is 0 Å². The predicted molar refractivity (Wildman–Crippen MR) is 119 cm³/mol. The number of carboxylic acids is 2. The highest BCUT2D eigenvalue weighted by Gasteiger charge is 2.64. The van der Waals surface area contributed by atoms with E-state index < -0.39 is 46.7 Å². The Morgan fingerprint density at radius 3 is 1.88 bits per heavy atom. The third-order valence-electron chi connectivity index (χ3n) is 6.87. The third-order valence-corrected chi connectivity index (χ3v) is 6.87. The van der Waals surface area contributed by atoms with E-state index in [-0.39, 0.29) is 23.1 Å². The van der Waals surface area contributed by atoms with Gasteiger partial charge >= 0.3 is 23.8 Å². The molecule has 8 heteroatoms. The molecule has 4 nitrogen and oxygen atoms in total. The van der Waals surface area contributed by atoms with Gasteiger partial charge in [0.25, 0.3) is 0 Å². The fraction of sp³-hybridized carbons (Fsp3) is 0.462. The van der Waals surface area contributed by atoms with E-state index in [4.69, 9.17) is 0 Å². The maximum atomic E-state index is 15.9. The van der Waals surface area contributed by atoms with Gasteiger partial charge in [-0.15, -0.1) is 0 Å². The molecule has 0 bridgehead atoms. The Bertz CT molecular complexity index is 1130. The lowest BCUT2D eigenvalue weighted by molar-refractivity contribution is -0.223. The van der Waals surface area contributed by atoms with E-state index in [1.807, 2.05) is 0 Å². The molecule has 3 rings (SSSR count).